The number of sulfonamides is 1. The molecule has 122 valence electrons. The molecule has 0 atom stereocenters. The van der Waals surface area contributed by atoms with Crippen molar-refractivity contribution in [2.75, 3.05) is 11.5 Å². The highest BCUT2D eigenvalue weighted by molar-refractivity contribution is 7.92. The van der Waals surface area contributed by atoms with Crippen LogP contribution in [0.15, 0.2) is 65.8 Å². The van der Waals surface area contributed by atoms with E-state index in [1.165, 1.54) is 12.1 Å². The molecule has 0 amide bonds. The largest absolute Gasteiger partial charge is 0.454 e. The van der Waals surface area contributed by atoms with Crippen molar-refractivity contribution in [2.24, 2.45) is 0 Å². The number of fused-ring (bicyclic) bond motifs is 1. The van der Waals surface area contributed by atoms with Crippen molar-refractivity contribution < 1.29 is 17.9 Å². The van der Waals surface area contributed by atoms with E-state index < -0.39 is 10.0 Å². The first-order chi connectivity index (χ1) is 11.6. The van der Waals surface area contributed by atoms with Crippen LogP contribution in [0.2, 0.25) is 0 Å². The summed E-state index contributed by atoms with van der Waals surface area (Å²) in [6, 6.07) is 13.3. The fraction of sp³-hybridized carbons (Fsp3) is 0.0625. The van der Waals surface area contributed by atoms with Crippen molar-refractivity contribution in [3.8, 4) is 17.2 Å². The molecule has 8 heteroatoms. The van der Waals surface area contributed by atoms with Crippen LogP contribution in [-0.2, 0) is 10.0 Å². The molecule has 0 saturated carbocycles. The molecule has 7 nitrogen and oxygen atoms in total. The Hall–Kier alpha value is -3.00. The summed E-state index contributed by atoms with van der Waals surface area (Å²) in [7, 11) is -3.71. The standard InChI is InChI=1S/C16H13N3O4S/c20-24(21,14-6-7-15-16(10-14)23-11-22-15)18-12-2-4-13(5-3-12)19-9-1-8-17-19/h1-10,18H,11H2. The zero-order valence-corrected chi connectivity index (χ0v) is 13.2. The van der Waals surface area contributed by atoms with Gasteiger partial charge in [0, 0.05) is 24.1 Å². The Morgan fingerprint density at radius 2 is 1.83 bits per heavy atom. The van der Waals surface area contributed by atoms with Gasteiger partial charge in [-0.25, -0.2) is 13.1 Å². The minimum Gasteiger partial charge on any atom is -0.454 e. The quantitative estimate of drug-likeness (QED) is 0.786. The Morgan fingerprint density at radius 1 is 1.04 bits per heavy atom. The monoisotopic (exact) mass is 343 g/mol. The number of ether oxygens (including phenoxy) is 2. The second kappa shape index (κ2) is 5.57. The molecule has 0 unspecified atom stereocenters. The van der Waals surface area contributed by atoms with Crippen LogP contribution >= 0.6 is 0 Å². The Labute approximate surface area is 138 Å². The first-order valence-corrected chi connectivity index (χ1v) is 8.63. The molecule has 1 aromatic heterocycles. The van der Waals surface area contributed by atoms with E-state index >= 15 is 0 Å². The average Bonchev–Trinajstić information content (AvgIpc) is 3.26. The minimum atomic E-state index is -3.71. The first kappa shape index (κ1) is 14.6. The minimum absolute atomic E-state index is 0.0984. The van der Waals surface area contributed by atoms with Crippen molar-refractivity contribution in [3.05, 3.63) is 60.9 Å². The van der Waals surface area contributed by atoms with Crippen LogP contribution < -0.4 is 14.2 Å². The van der Waals surface area contributed by atoms with Crippen LogP contribution in [0.25, 0.3) is 5.69 Å². The third-order valence-corrected chi connectivity index (χ3v) is 4.92. The molecule has 3 aromatic rings. The number of aromatic nitrogens is 2. The lowest BCUT2D eigenvalue weighted by Gasteiger charge is -2.09. The van der Waals surface area contributed by atoms with Crippen molar-refractivity contribution in [2.45, 2.75) is 4.90 Å². The predicted molar refractivity (Wildman–Crippen MR) is 86.9 cm³/mol. The maximum Gasteiger partial charge on any atom is 0.262 e. The Morgan fingerprint density at radius 3 is 2.58 bits per heavy atom. The fourth-order valence-corrected chi connectivity index (χ4v) is 3.44. The maximum atomic E-state index is 12.5. The van der Waals surface area contributed by atoms with E-state index in [9.17, 15) is 8.42 Å². The van der Waals surface area contributed by atoms with E-state index in [1.54, 1.807) is 41.2 Å². The van der Waals surface area contributed by atoms with E-state index in [1.807, 2.05) is 12.3 Å². The van der Waals surface area contributed by atoms with Gasteiger partial charge in [0.05, 0.1) is 10.6 Å². The van der Waals surface area contributed by atoms with Crippen LogP contribution in [0.5, 0.6) is 11.5 Å². The van der Waals surface area contributed by atoms with Gasteiger partial charge in [0.15, 0.2) is 11.5 Å². The average molecular weight is 343 g/mol. The molecule has 2 heterocycles. The summed E-state index contributed by atoms with van der Waals surface area (Å²) in [5.74, 6) is 0.962. The zero-order valence-electron chi connectivity index (χ0n) is 12.4. The number of hydrogen-bond acceptors (Lipinski definition) is 5. The molecule has 0 fully saturated rings. The molecule has 1 aliphatic rings. The lowest BCUT2D eigenvalue weighted by molar-refractivity contribution is 0.174. The summed E-state index contributed by atoms with van der Waals surface area (Å²) in [4.78, 5) is 0.114. The highest BCUT2D eigenvalue weighted by Gasteiger charge is 2.20. The molecule has 24 heavy (non-hydrogen) atoms. The summed E-state index contributed by atoms with van der Waals surface area (Å²) in [6.45, 7) is 0.0984. The van der Waals surface area contributed by atoms with Gasteiger partial charge in [0.2, 0.25) is 6.79 Å². The SMILES string of the molecule is O=S(=O)(Nc1ccc(-n2cccn2)cc1)c1ccc2c(c1)OCO2. The van der Waals surface area contributed by atoms with Crippen LogP contribution in [0.3, 0.4) is 0 Å². The molecular weight excluding hydrogens is 330 g/mol. The van der Waals surface area contributed by atoms with Crippen molar-refractivity contribution in [1.82, 2.24) is 9.78 Å². The molecular formula is C16H13N3O4S. The van der Waals surface area contributed by atoms with E-state index in [2.05, 4.69) is 9.82 Å². The van der Waals surface area contributed by atoms with Gasteiger partial charge < -0.3 is 9.47 Å². The summed E-state index contributed by atoms with van der Waals surface area (Å²) >= 11 is 0. The topological polar surface area (TPSA) is 82.5 Å². The molecule has 0 aliphatic carbocycles. The van der Waals surface area contributed by atoms with Gasteiger partial charge in [-0.05, 0) is 42.5 Å². The molecule has 2 aromatic carbocycles. The summed E-state index contributed by atoms with van der Waals surface area (Å²) < 4.78 is 39.6. The molecule has 1 aliphatic heterocycles. The van der Waals surface area contributed by atoms with E-state index in [4.69, 9.17) is 9.47 Å². The number of rotatable bonds is 4. The van der Waals surface area contributed by atoms with Crippen LogP contribution in [-0.4, -0.2) is 25.0 Å². The molecule has 0 radical (unpaired) electrons. The smallest absolute Gasteiger partial charge is 0.262 e. The highest BCUT2D eigenvalue weighted by Crippen LogP contribution is 2.34. The molecule has 0 bridgehead atoms. The number of anilines is 1. The van der Waals surface area contributed by atoms with Gasteiger partial charge in [-0.15, -0.1) is 0 Å². The molecule has 0 spiro atoms. The summed E-state index contributed by atoms with van der Waals surface area (Å²) in [5.41, 5.74) is 1.30. The van der Waals surface area contributed by atoms with E-state index in [-0.39, 0.29) is 11.7 Å². The van der Waals surface area contributed by atoms with Gasteiger partial charge in [-0.3, -0.25) is 4.72 Å². The second-order valence-corrected chi connectivity index (χ2v) is 6.80. The number of nitrogens with zero attached hydrogens (tertiary/aromatic N) is 2. The zero-order chi connectivity index (χ0) is 16.6. The van der Waals surface area contributed by atoms with E-state index in [0.29, 0.717) is 17.2 Å². The Kier molecular flexibility index (Phi) is 3.39. The molecule has 1 N–H and O–H groups in total. The fourth-order valence-electron chi connectivity index (χ4n) is 2.36. The van der Waals surface area contributed by atoms with Crippen LogP contribution in [0.4, 0.5) is 5.69 Å². The number of hydrogen-bond donors (Lipinski definition) is 1. The first-order valence-electron chi connectivity index (χ1n) is 7.14. The lowest BCUT2D eigenvalue weighted by atomic mass is 10.3. The lowest BCUT2D eigenvalue weighted by Crippen LogP contribution is -2.12. The Balaban J connectivity index is 1.57. The van der Waals surface area contributed by atoms with Gasteiger partial charge >= 0.3 is 0 Å². The normalized spacial score (nSPS) is 13.0. The third kappa shape index (κ3) is 2.67. The summed E-state index contributed by atoms with van der Waals surface area (Å²) in [6.07, 6.45) is 3.49. The summed E-state index contributed by atoms with van der Waals surface area (Å²) in [5, 5.41) is 4.12. The predicted octanol–water partition coefficient (Wildman–Crippen LogP) is 2.40. The second-order valence-electron chi connectivity index (χ2n) is 5.12. The van der Waals surface area contributed by atoms with Crippen molar-refractivity contribution in [3.63, 3.8) is 0 Å². The third-order valence-electron chi connectivity index (χ3n) is 3.54. The van der Waals surface area contributed by atoms with Gasteiger partial charge in [0.25, 0.3) is 10.0 Å². The van der Waals surface area contributed by atoms with Crippen molar-refractivity contribution in [1.29, 1.82) is 0 Å². The maximum absolute atomic E-state index is 12.5. The van der Waals surface area contributed by atoms with Gasteiger partial charge in [-0.1, -0.05) is 0 Å². The van der Waals surface area contributed by atoms with Crippen molar-refractivity contribution >= 4 is 15.7 Å². The number of nitrogens with one attached hydrogen (secondary N) is 1. The van der Waals surface area contributed by atoms with E-state index in [0.717, 1.165) is 5.69 Å². The molecule has 0 saturated heterocycles. The highest BCUT2D eigenvalue weighted by atomic mass is 32.2. The molecule has 4 rings (SSSR count). The Bertz CT molecular complexity index is 967. The van der Waals surface area contributed by atoms with Crippen LogP contribution in [0.1, 0.15) is 0 Å². The number of benzene rings is 2. The van der Waals surface area contributed by atoms with Crippen LogP contribution in [0, 0.1) is 0 Å². The van der Waals surface area contributed by atoms with Gasteiger partial charge in [-0.2, -0.15) is 5.10 Å². The van der Waals surface area contributed by atoms with Gasteiger partial charge in [0.1, 0.15) is 0 Å².